The van der Waals surface area contributed by atoms with Gasteiger partial charge in [0.15, 0.2) is 0 Å². The highest BCUT2D eigenvalue weighted by molar-refractivity contribution is 5.81. The average Bonchev–Trinajstić information content (AvgIpc) is 2.99. The molecule has 0 spiro atoms. The van der Waals surface area contributed by atoms with Crippen molar-refractivity contribution >= 4 is 22.7 Å². The minimum absolute atomic E-state index is 0.536. The van der Waals surface area contributed by atoms with Crippen LogP contribution in [0.1, 0.15) is 19.8 Å². The molecule has 1 N–H and O–H groups in total. The van der Waals surface area contributed by atoms with Gasteiger partial charge in [-0.15, -0.1) is 0 Å². The lowest BCUT2D eigenvalue weighted by Gasteiger charge is -2.39. The van der Waals surface area contributed by atoms with E-state index in [-0.39, 0.29) is 0 Å². The first-order chi connectivity index (χ1) is 12.5. The highest BCUT2D eigenvalue weighted by Crippen LogP contribution is 2.34. The zero-order valence-electron chi connectivity index (χ0n) is 15.1. The molecular formula is C21H23N3O2. The third-order valence-electron chi connectivity index (χ3n) is 5.47. The Balaban J connectivity index is 1.70. The first-order valence-corrected chi connectivity index (χ1v) is 8.98. The van der Waals surface area contributed by atoms with Crippen LogP contribution in [0.25, 0.3) is 22.4 Å². The molecule has 26 heavy (non-hydrogen) atoms. The van der Waals surface area contributed by atoms with Crippen LogP contribution in [0.15, 0.2) is 48.5 Å². The molecule has 0 amide bonds. The summed E-state index contributed by atoms with van der Waals surface area (Å²) >= 11 is 0. The molecule has 1 aliphatic rings. The molecule has 1 atom stereocenters. The van der Waals surface area contributed by atoms with Crippen LogP contribution in [0.2, 0.25) is 0 Å². The van der Waals surface area contributed by atoms with Crippen LogP contribution in [-0.4, -0.2) is 33.7 Å². The maximum Gasteiger partial charge on any atom is 0.311 e. The number of imidazole rings is 1. The molecule has 1 unspecified atom stereocenters. The van der Waals surface area contributed by atoms with Gasteiger partial charge >= 0.3 is 5.97 Å². The van der Waals surface area contributed by atoms with E-state index in [1.54, 1.807) is 0 Å². The van der Waals surface area contributed by atoms with E-state index >= 15 is 0 Å². The summed E-state index contributed by atoms with van der Waals surface area (Å²) in [4.78, 5) is 18.6. The zero-order chi connectivity index (χ0) is 18.3. The number of nitrogens with zero attached hydrogens (tertiary/aromatic N) is 3. The van der Waals surface area contributed by atoms with E-state index in [0.29, 0.717) is 6.54 Å². The van der Waals surface area contributed by atoms with E-state index in [1.807, 2.05) is 38.2 Å². The first kappa shape index (κ1) is 16.6. The smallest absolute Gasteiger partial charge is 0.311 e. The number of para-hydroxylation sites is 2. The fourth-order valence-corrected chi connectivity index (χ4v) is 3.88. The summed E-state index contributed by atoms with van der Waals surface area (Å²) in [6.45, 7) is 3.26. The van der Waals surface area contributed by atoms with E-state index in [1.165, 1.54) is 0 Å². The monoisotopic (exact) mass is 349 g/mol. The lowest BCUT2D eigenvalue weighted by molar-refractivity contribution is -0.148. The Labute approximate surface area is 152 Å². The number of hydrogen-bond acceptors (Lipinski definition) is 3. The summed E-state index contributed by atoms with van der Waals surface area (Å²) in [7, 11) is 2.03. The maximum absolute atomic E-state index is 11.6. The molecular weight excluding hydrogens is 326 g/mol. The number of anilines is 1. The lowest BCUT2D eigenvalue weighted by atomic mass is 9.82. The van der Waals surface area contributed by atoms with Crippen LogP contribution in [0, 0.1) is 5.41 Å². The maximum atomic E-state index is 11.6. The first-order valence-electron chi connectivity index (χ1n) is 8.98. The molecule has 1 aliphatic heterocycles. The van der Waals surface area contributed by atoms with E-state index in [0.717, 1.165) is 47.5 Å². The van der Waals surface area contributed by atoms with Gasteiger partial charge in [-0.05, 0) is 44.0 Å². The van der Waals surface area contributed by atoms with Gasteiger partial charge in [-0.25, -0.2) is 4.98 Å². The van der Waals surface area contributed by atoms with Crippen LogP contribution in [0.5, 0.6) is 0 Å². The number of carboxylic acid groups (broad SMARTS) is 1. The molecule has 1 fully saturated rings. The number of aliphatic carboxylic acids is 1. The quantitative estimate of drug-likeness (QED) is 0.778. The third kappa shape index (κ3) is 2.73. The van der Waals surface area contributed by atoms with Gasteiger partial charge in [-0.1, -0.05) is 24.3 Å². The molecule has 0 radical (unpaired) electrons. The standard InChI is InChI=1S/C21H23N3O2/c1-21(20(25)26)11-6-12-24(14-21)16-8-5-7-15(13-16)19-22-17-9-3-4-10-18(17)23(19)2/h3-5,7-10,13H,6,11-12,14H2,1-2H3,(H,25,26). The van der Waals surface area contributed by atoms with Crippen molar-refractivity contribution in [1.29, 1.82) is 0 Å². The topological polar surface area (TPSA) is 58.4 Å². The van der Waals surface area contributed by atoms with Crippen molar-refractivity contribution in [3.63, 3.8) is 0 Å². The molecule has 5 heteroatoms. The van der Waals surface area contributed by atoms with Crippen molar-refractivity contribution in [2.24, 2.45) is 12.5 Å². The molecule has 2 aromatic carbocycles. The molecule has 0 aliphatic carbocycles. The Bertz CT molecular complexity index is 978. The van der Waals surface area contributed by atoms with Gasteiger partial charge in [0.1, 0.15) is 5.82 Å². The number of hydrogen-bond donors (Lipinski definition) is 1. The van der Waals surface area contributed by atoms with Crippen LogP contribution in [0.4, 0.5) is 5.69 Å². The highest BCUT2D eigenvalue weighted by Gasteiger charge is 2.38. The number of aryl methyl sites for hydroxylation is 1. The molecule has 2 heterocycles. The van der Waals surface area contributed by atoms with Gasteiger partial charge in [0, 0.05) is 31.4 Å². The summed E-state index contributed by atoms with van der Waals surface area (Å²) < 4.78 is 2.10. The number of aromatic nitrogens is 2. The van der Waals surface area contributed by atoms with Crippen molar-refractivity contribution < 1.29 is 9.90 Å². The van der Waals surface area contributed by atoms with Gasteiger partial charge in [-0.3, -0.25) is 4.79 Å². The second-order valence-electron chi connectivity index (χ2n) is 7.42. The van der Waals surface area contributed by atoms with E-state index in [4.69, 9.17) is 4.98 Å². The SMILES string of the molecule is Cn1c(-c2cccc(N3CCCC(C)(C(=O)O)C3)c2)nc2ccccc21. The predicted molar refractivity (Wildman–Crippen MR) is 103 cm³/mol. The van der Waals surface area contributed by atoms with Gasteiger partial charge in [0.2, 0.25) is 0 Å². The number of carboxylic acids is 1. The molecule has 1 aromatic heterocycles. The number of rotatable bonds is 3. The van der Waals surface area contributed by atoms with E-state index < -0.39 is 11.4 Å². The molecule has 1 saturated heterocycles. The van der Waals surface area contributed by atoms with Crippen molar-refractivity contribution in [2.75, 3.05) is 18.0 Å². The summed E-state index contributed by atoms with van der Waals surface area (Å²) in [6, 6.07) is 16.4. The molecule has 134 valence electrons. The van der Waals surface area contributed by atoms with E-state index in [9.17, 15) is 9.90 Å². The Morgan fingerprint density at radius 3 is 2.77 bits per heavy atom. The summed E-state index contributed by atoms with van der Waals surface area (Å²) in [5, 5.41) is 9.57. The van der Waals surface area contributed by atoms with Crippen molar-refractivity contribution in [2.45, 2.75) is 19.8 Å². The van der Waals surface area contributed by atoms with Crippen LogP contribution >= 0.6 is 0 Å². The minimum Gasteiger partial charge on any atom is -0.481 e. The van der Waals surface area contributed by atoms with Crippen molar-refractivity contribution in [1.82, 2.24) is 9.55 Å². The van der Waals surface area contributed by atoms with E-state index in [2.05, 4.69) is 33.7 Å². The van der Waals surface area contributed by atoms with Gasteiger partial charge < -0.3 is 14.6 Å². The van der Waals surface area contributed by atoms with Crippen LogP contribution in [-0.2, 0) is 11.8 Å². The Morgan fingerprint density at radius 1 is 1.19 bits per heavy atom. The third-order valence-corrected chi connectivity index (χ3v) is 5.47. The van der Waals surface area contributed by atoms with Gasteiger partial charge in [0.05, 0.1) is 16.4 Å². The number of fused-ring (bicyclic) bond motifs is 1. The second-order valence-corrected chi connectivity index (χ2v) is 7.42. The normalized spacial score (nSPS) is 20.5. The fraction of sp³-hybridized carbons (Fsp3) is 0.333. The van der Waals surface area contributed by atoms with Crippen molar-refractivity contribution in [3.8, 4) is 11.4 Å². The second kappa shape index (κ2) is 6.16. The summed E-state index contributed by atoms with van der Waals surface area (Å²) in [5.74, 6) is 0.208. The summed E-state index contributed by atoms with van der Waals surface area (Å²) in [6.07, 6.45) is 1.61. The Morgan fingerprint density at radius 2 is 2.00 bits per heavy atom. The average molecular weight is 349 g/mol. The lowest BCUT2D eigenvalue weighted by Crippen LogP contribution is -2.46. The van der Waals surface area contributed by atoms with Gasteiger partial charge in [-0.2, -0.15) is 0 Å². The number of piperidine rings is 1. The van der Waals surface area contributed by atoms with Gasteiger partial charge in [0.25, 0.3) is 0 Å². The molecule has 0 saturated carbocycles. The highest BCUT2D eigenvalue weighted by atomic mass is 16.4. The Hall–Kier alpha value is -2.82. The number of benzene rings is 2. The van der Waals surface area contributed by atoms with Crippen LogP contribution in [0.3, 0.4) is 0 Å². The van der Waals surface area contributed by atoms with Crippen LogP contribution < -0.4 is 4.90 Å². The molecule has 5 nitrogen and oxygen atoms in total. The molecule has 0 bridgehead atoms. The predicted octanol–water partition coefficient (Wildman–Crippen LogP) is 3.93. The fourth-order valence-electron chi connectivity index (χ4n) is 3.88. The molecule has 3 aromatic rings. The minimum atomic E-state index is -0.714. The molecule has 4 rings (SSSR count). The van der Waals surface area contributed by atoms with Crippen molar-refractivity contribution in [3.05, 3.63) is 48.5 Å². The largest absolute Gasteiger partial charge is 0.481 e. The number of carbonyl (C=O) groups is 1. The summed E-state index contributed by atoms with van der Waals surface area (Å²) in [5.41, 5.74) is 3.49. The Kier molecular flexibility index (Phi) is 3.94. The zero-order valence-corrected chi connectivity index (χ0v) is 15.1.